The summed E-state index contributed by atoms with van der Waals surface area (Å²) in [7, 11) is 0. The van der Waals surface area contributed by atoms with Gasteiger partial charge < -0.3 is 10.5 Å². The van der Waals surface area contributed by atoms with Gasteiger partial charge in [0.15, 0.2) is 0 Å². The van der Waals surface area contributed by atoms with E-state index in [1.807, 2.05) is 30.3 Å². The van der Waals surface area contributed by atoms with E-state index in [1.165, 1.54) is 18.2 Å². The molecule has 0 bridgehead atoms. The van der Waals surface area contributed by atoms with E-state index in [9.17, 15) is 13.2 Å². The van der Waals surface area contributed by atoms with Crippen LogP contribution in [0.25, 0.3) is 0 Å². The van der Waals surface area contributed by atoms with Gasteiger partial charge in [0.2, 0.25) is 0 Å². The van der Waals surface area contributed by atoms with E-state index in [0.29, 0.717) is 5.75 Å². The summed E-state index contributed by atoms with van der Waals surface area (Å²) >= 11 is 5.94. The molecule has 0 aromatic heterocycles. The van der Waals surface area contributed by atoms with Crippen molar-refractivity contribution in [2.45, 2.75) is 18.8 Å². The predicted octanol–water partition coefficient (Wildman–Crippen LogP) is 4.48. The number of rotatable bonds is 4. The van der Waals surface area contributed by atoms with Gasteiger partial charge in [-0.2, -0.15) is 13.2 Å². The van der Waals surface area contributed by atoms with Crippen molar-refractivity contribution in [2.75, 3.05) is 0 Å². The number of benzene rings is 2. The average molecular weight is 316 g/mol. The molecule has 0 aliphatic heterocycles. The maximum Gasteiger partial charge on any atom is 0.407 e. The molecule has 6 heteroatoms. The lowest BCUT2D eigenvalue weighted by molar-refractivity contribution is -0.149. The number of nitrogens with two attached hydrogens (primary N) is 1. The van der Waals surface area contributed by atoms with Crippen molar-refractivity contribution in [1.29, 1.82) is 0 Å². The van der Waals surface area contributed by atoms with Crippen LogP contribution in [0.15, 0.2) is 48.5 Å². The Balaban J connectivity index is 2.09. The normalized spacial score (nSPS) is 13.0. The molecule has 0 saturated carbocycles. The highest BCUT2D eigenvalue weighted by Gasteiger charge is 2.38. The van der Waals surface area contributed by atoms with E-state index in [2.05, 4.69) is 0 Å². The van der Waals surface area contributed by atoms with E-state index < -0.39 is 12.2 Å². The van der Waals surface area contributed by atoms with Gasteiger partial charge in [-0.05, 0) is 23.3 Å². The maximum atomic E-state index is 12.5. The van der Waals surface area contributed by atoms with E-state index in [0.717, 1.165) is 5.56 Å². The van der Waals surface area contributed by atoms with Gasteiger partial charge in [0.25, 0.3) is 0 Å². The Kier molecular flexibility index (Phi) is 4.75. The molecule has 2 rings (SSSR count). The molecule has 21 heavy (non-hydrogen) atoms. The third-order valence-corrected chi connectivity index (χ3v) is 3.20. The number of hydrogen-bond donors (Lipinski definition) is 1. The van der Waals surface area contributed by atoms with Crippen molar-refractivity contribution in [3.05, 3.63) is 64.7 Å². The molecule has 112 valence electrons. The highest BCUT2D eigenvalue weighted by atomic mass is 35.5. The van der Waals surface area contributed by atoms with Gasteiger partial charge in [0, 0.05) is 0 Å². The number of ether oxygens (including phenoxy) is 1. The first-order chi connectivity index (χ1) is 9.88. The van der Waals surface area contributed by atoms with Crippen molar-refractivity contribution in [1.82, 2.24) is 0 Å². The maximum absolute atomic E-state index is 12.5. The van der Waals surface area contributed by atoms with Crippen LogP contribution in [0.3, 0.4) is 0 Å². The fraction of sp³-hybridized carbons (Fsp3) is 0.200. The quantitative estimate of drug-likeness (QED) is 0.902. The molecule has 0 radical (unpaired) electrons. The van der Waals surface area contributed by atoms with Crippen LogP contribution in [-0.2, 0) is 6.61 Å². The third kappa shape index (κ3) is 4.12. The van der Waals surface area contributed by atoms with Gasteiger partial charge in [0.1, 0.15) is 18.4 Å². The first-order valence-corrected chi connectivity index (χ1v) is 6.54. The van der Waals surface area contributed by atoms with Gasteiger partial charge in [-0.3, -0.25) is 0 Å². The van der Waals surface area contributed by atoms with Crippen LogP contribution in [0.1, 0.15) is 17.2 Å². The minimum Gasteiger partial charge on any atom is -0.487 e. The second kappa shape index (κ2) is 6.37. The molecule has 2 aromatic carbocycles. The van der Waals surface area contributed by atoms with E-state index >= 15 is 0 Å². The van der Waals surface area contributed by atoms with Crippen molar-refractivity contribution in [2.24, 2.45) is 5.73 Å². The van der Waals surface area contributed by atoms with Crippen LogP contribution in [0, 0.1) is 0 Å². The molecule has 0 heterocycles. The highest BCUT2D eigenvalue weighted by molar-refractivity contribution is 6.32. The molecule has 0 unspecified atom stereocenters. The minimum atomic E-state index is -4.50. The zero-order chi connectivity index (χ0) is 15.5. The Labute approximate surface area is 125 Å². The zero-order valence-electron chi connectivity index (χ0n) is 10.9. The fourth-order valence-corrected chi connectivity index (χ4v) is 2.00. The van der Waals surface area contributed by atoms with Crippen molar-refractivity contribution in [3.8, 4) is 5.75 Å². The topological polar surface area (TPSA) is 35.2 Å². The minimum absolute atomic E-state index is 0.0976. The molecule has 0 amide bonds. The number of halogens is 4. The van der Waals surface area contributed by atoms with Crippen LogP contribution in [0.4, 0.5) is 13.2 Å². The number of alkyl halides is 3. The Hall–Kier alpha value is -1.72. The Morgan fingerprint density at radius 1 is 1.10 bits per heavy atom. The first-order valence-electron chi connectivity index (χ1n) is 6.16. The monoisotopic (exact) mass is 315 g/mol. The molecule has 0 spiro atoms. The second-order valence-electron chi connectivity index (χ2n) is 4.48. The Morgan fingerprint density at radius 3 is 2.33 bits per heavy atom. The standard InChI is InChI=1S/C15H13ClF3NO/c16-12-8-11(14(20)15(17,18)19)6-7-13(12)21-9-10-4-2-1-3-5-10/h1-8,14H,9,20H2/t14-/m0/s1. The summed E-state index contributed by atoms with van der Waals surface area (Å²) in [4.78, 5) is 0. The lowest BCUT2D eigenvalue weighted by Crippen LogP contribution is -2.28. The summed E-state index contributed by atoms with van der Waals surface area (Å²) in [5.74, 6) is 0.318. The summed E-state index contributed by atoms with van der Waals surface area (Å²) in [6, 6.07) is 11.2. The van der Waals surface area contributed by atoms with Crippen LogP contribution >= 0.6 is 11.6 Å². The molecule has 0 aliphatic carbocycles. The van der Waals surface area contributed by atoms with Gasteiger partial charge in [0.05, 0.1) is 5.02 Å². The van der Waals surface area contributed by atoms with E-state index in [1.54, 1.807) is 0 Å². The Bertz CT molecular complexity index is 602. The smallest absolute Gasteiger partial charge is 0.407 e. The van der Waals surface area contributed by atoms with Gasteiger partial charge in [-0.25, -0.2) is 0 Å². The summed E-state index contributed by atoms with van der Waals surface area (Å²) in [5.41, 5.74) is 5.97. The predicted molar refractivity (Wildman–Crippen MR) is 75.2 cm³/mol. The van der Waals surface area contributed by atoms with Crippen LogP contribution in [0.5, 0.6) is 5.75 Å². The van der Waals surface area contributed by atoms with Crippen LogP contribution in [0.2, 0.25) is 5.02 Å². The average Bonchev–Trinajstić information content (AvgIpc) is 2.45. The van der Waals surface area contributed by atoms with Crippen LogP contribution in [-0.4, -0.2) is 6.18 Å². The SMILES string of the molecule is N[C@@H](c1ccc(OCc2ccccc2)c(Cl)c1)C(F)(F)F. The molecule has 2 N–H and O–H groups in total. The molecular formula is C15H13ClF3NO. The lowest BCUT2D eigenvalue weighted by Gasteiger charge is -2.17. The summed E-state index contributed by atoms with van der Waals surface area (Å²) < 4.78 is 43.1. The van der Waals surface area contributed by atoms with Gasteiger partial charge >= 0.3 is 6.18 Å². The fourth-order valence-electron chi connectivity index (χ4n) is 1.75. The molecule has 0 saturated heterocycles. The summed E-state index contributed by atoms with van der Waals surface area (Å²) in [5, 5.41) is 0.100. The van der Waals surface area contributed by atoms with Crippen molar-refractivity contribution >= 4 is 11.6 Å². The van der Waals surface area contributed by atoms with E-state index in [4.69, 9.17) is 22.1 Å². The van der Waals surface area contributed by atoms with Crippen molar-refractivity contribution in [3.63, 3.8) is 0 Å². The van der Waals surface area contributed by atoms with E-state index in [-0.39, 0.29) is 17.2 Å². The highest BCUT2D eigenvalue weighted by Crippen LogP contribution is 2.34. The van der Waals surface area contributed by atoms with Crippen molar-refractivity contribution < 1.29 is 17.9 Å². The largest absolute Gasteiger partial charge is 0.487 e. The number of hydrogen-bond acceptors (Lipinski definition) is 2. The molecular weight excluding hydrogens is 303 g/mol. The second-order valence-corrected chi connectivity index (χ2v) is 4.89. The third-order valence-electron chi connectivity index (χ3n) is 2.90. The molecule has 0 fully saturated rings. The molecule has 2 nitrogen and oxygen atoms in total. The van der Waals surface area contributed by atoms with Gasteiger partial charge in [-0.1, -0.05) is 48.0 Å². The zero-order valence-corrected chi connectivity index (χ0v) is 11.7. The molecule has 0 aliphatic rings. The Morgan fingerprint density at radius 2 is 1.76 bits per heavy atom. The summed E-state index contributed by atoms with van der Waals surface area (Å²) in [6.07, 6.45) is -4.50. The molecule has 2 aromatic rings. The van der Waals surface area contributed by atoms with Gasteiger partial charge in [-0.15, -0.1) is 0 Å². The lowest BCUT2D eigenvalue weighted by atomic mass is 10.1. The summed E-state index contributed by atoms with van der Waals surface area (Å²) in [6.45, 7) is 0.283. The van der Waals surface area contributed by atoms with Crippen LogP contribution < -0.4 is 10.5 Å². The molecule has 1 atom stereocenters. The first kappa shape index (κ1) is 15.7.